The molecule has 178 valence electrons. The molecule has 1 fully saturated rings. The van der Waals surface area contributed by atoms with Crippen LogP contribution in [0.2, 0.25) is 5.02 Å². The molecule has 8 nitrogen and oxygen atoms in total. The minimum absolute atomic E-state index is 0.0554. The van der Waals surface area contributed by atoms with Gasteiger partial charge in [-0.15, -0.1) is 0 Å². The van der Waals surface area contributed by atoms with Crippen LogP contribution in [-0.4, -0.2) is 54.6 Å². The van der Waals surface area contributed by atoms with Gasteiger partial charge in [0.05, 0.1) is 17.1 Å². The summed E-state index contributed by atoms with van der Waals surface area (Å²) in [5, 5.41) is 6.51. The van der Waals surface area contributed by atoms with Gasteiger partial charge in [-0.05, 0) is 56.4 Å². The van der Waals surface area contributed by atoms with Crippen LogP contribution in [0, 0.1) is 5.82 Å². The molecule has 0 aliphatic carbocycles. The molecule has 1 aliphatic heterocycles. The first-order valence-electron chi connectivity index (χ1n) is 10.8. The minimum atomic E-state index is -0.549. The van der Waals surface area contributed by atoms with E-state index in [1.54, 1.807) is 12.1 Å². The van der Waals surface area contributed by atoms with Gasteiger partial charge in [0.15, 0.2) is 0 Å². The van der Waals surface area contributed by atoms with Crippen LogP contribution in [-0.2, 0) is 9.53 Å². The van der Waals surface area contributed by atoms with Gasteiger partial charge in [-0.3, -0.25) is 4.79 Å². The molecule has 2 aromatic carbocycles. The number of H-pyrrole nitrogens is 1. The summed E-state index contributed by atoms with van der Waals surface area (Å²) in [5.74, 6) is -0.478. The van der Waals surface area contributed by atoms with E-state index >= 15 is 0 Å². The van der Waals surface area contributed by atoms with Crippen molar-refractivity contribution in [3.8, 4) is 0 Å². The zero-order chi connectivity index (χ0) is 24.2. The fraction of sp³-hybridized carbons (Fsp3) is 0.292. The highest BCUT2D eigenvalue weighted by molar-refractivity contribution is 6.31. The summed E-state index contributed by atoms with van der Waals surface area (Å²) in [7, 11) is 3.83. The van der Waals surface area contributed by atoms with Crippen molar-refractivity contribution in [1.29, 1.82) is 0 Å². The van der Waals surface area contributed by atoms with Crippen molar-refractivity contribution in [3.63, 3.8) is 0 Å². The first-order valence-corrected chi connectivity index (χ1v) is 11.2. The molecular formula is C24H25ClFN5O3. The Hall–Kier alpha value is -3.27. The lowest BCUT2D eigenvalue weighted by Gasteiger charge is -2.17. The molecule has 34 heavy (non-hydrogen) atoms. The zero-order valence-electron chi connectivity index (χ0n) is 18.8. The molecule has 3 aromatic rings. The number of rotatable bonds is 7. The summed E-state index contributed by atoms with van der Waals surface area (Å²) in [6.45, 7) is 1.79. The SMILES string of the molecule is CN(C)C/C=C/C(=O)Nc1cc2c(Nc3ccc(F)c(Cl)c3)nc(=O)[nH]c2cc1[C@@H]1CCOC1. The summed E-state index contributed by atoms with van der Waals surface area (Å²) in [6.07, 6.45) is 4.07. The molecule has 0 saturated carbocycles. The van der Waals surface area contributed by atoms with Crippen LogP contribution in [0.15, 0.2) is 47.3 Å². The summed E-state index contributed by atoms with van der Waals surface area (Å²) >= 11 is 5.89. The van der Waals surface area contributed by atoms with E-state index < -0.39 is 11.5 Å². The van der Waals surface area contributed by atoms with Crippen LogP contribution < -0.4 is 16.3 Å². The van der Waals surface area contributed by atoms with Crippen LogP contribution in [0.4, 0.5) is 21.6 Å². The predicted octanol–water partition coefficient (Wildman–Crippen LogP) is 4.02. The molecule has 10 heteroatoms. The van der Waals surface area contributed by atoms with Crippen molar-refractivity contribution < 1.29 is 13.9 Å². The molecular weight excluding hydrogens is 461 g/mol. The van der Waals surface area contributed by atoms with Gasteiger partial charge in [-0.1, -0.05) is 17.7 Å². The Labute approximate surface area is 200 Å². The average molecular weight is 486 g/mol. The number of anilines is 3. The Morgan fingerprint density at radius 1 is 1.35 bits per heavy atom. The number of nitrogens with one attached hydrogen (secondary N) is 3. The van der Waals surface area contributed by atoms with Gasteiger partial charge < -0.3 is 25.3 Å². The maximum Gasteiger partial charge on any atom is 0.347 e. The number of fused-ring (bicyclic) bond motifs is 1. The number of ether oxygens (including phenoxy) is 1. The van der Waals surface area contributed by atoms with Gasteiger partial charge in [0, 0.05) is 41.9 Å². The lowest BCUT2D eigenvalue weighted by Crippen LogP contribution is -2.16. The predicted molar refractivity (Wildman–Crippen MR) is 132 cm³/mol. The van der Waals surface area contributed by atoms with E-state index in [9.17, 15) is 14.0 Å². The van der Waals surface area contributed by atoms with Crippen LogP contribution >= 0.6 is 11.6 Å². The molecule has 0 bridgehead atoms. The van der Waals surface area contributed by atoms with Gasteiger partial charge >= 0.3 is 5.69 Å². The third-order valence-electron chi connectivity index (χ3n) is 5.45. The number of amides is 1. The molecule has 2 heterocycles. The maximum atomic E-state index is 13.6. The van der Waals surface area contributed by atoms with Gasteiger partial charge in [0.1, 0.15) is 11.6 Å². The molecule has 1 aliphatic rings. The average Bonchev–Trinajstić information content (AvgIpc) is 3.31. The number of aromatic amines is 1. The van der Waals surface area contributed by atoms with Crippen molar-refractivity contribution >= 4 is 45.6 Å². The molecule has 1 saturated heterocycles. The van der Waals surface area contributed by atoms with Crippen molar-refractivity contribution in [2.45, 2.75) is 12.3 Å². The summed E-state index contributed by atoms with van der Waals surface area (Å²) in [6, 6.07) is 7.76. The number of likely N-dealkylation sites (N-methyl/N-ethyl adjacent to an activating group) is 1. The number of halogens is 2. The number of nitrogens with zero attached hydrogens (tertiary/aromatic N) is 2. The van der Waals surface area contributed by atoms with Crippen molar-refractivity contribution in [2.24, 2.45) is 0 Å². The Kier molecular flexibility index (Phi) is 7.26. The fourth-order valence-corrected chi connectivity index (χ4v) is 3.98. The smallest absolute Gasteiger partial charge is 0.347 e. The van der Waals surface area contributed by atoms with Gasteiger partial charge in [-0.2, -0.15) is 4.98 Å². The van der Waals surface area contributed by atoms with Crippen LogP contribution in [0.1, 0.15) is 17.9 Å². The van der Waals surface area contributed by atoms with E-state index in [-0.39, 0.29) is 22.7 Å². The molecule has 0 unspecified atom stereocenters. The van der Waals surface area contributed by atoms with Gasteiger partial charge in [-0.25, -0.2) is 9.18 Å². The number of hydrogen-bond acceptors (Lipinski definition) is 6. The molecule has 1 amide bonds. The van der Waals surface area contributed by atoms with E-state index in [4.69, 9.17) is 16.3 Å². The quantitative estimate of drug-likeness (QED) is 0.437. The van der Waals surface area contributed by atoms with Crippen molar-refractivity contribution in [2.75, 3.05) is 44.5 Å². The number of aromatic nitrogens is 2. The topological polar surface area (TPSA) is 99.4 Å². The maximum absolute atomic E-state index is 13.6. The second-order valence-electron chi connectivity index (χ2n) is 8.34. The van der Waals surface area contributed by atoms with Gasteiger partial charge in [0.25, 0.3) is 0 Å². The molecule has 0 radical (unpaired) electrons. The van der Waals surface area contributed by atoms with E-state index in [2.05, 4.69) is 20.6 Å². The van der Waals surface area contributed by atoms with Crippen molar-refractivity contribution in [1.82, 2.24) is 14.9 Å². The van der Waals surface area contributed by atoms with E-state index in [0.29, 0.717) is 42.0 Å². The van der Waals surface area contributed by atoms with E-state index in [1.807, 2.05) is 25.1 Å². The lowest BCUT2D eigenvalue weighted by molar-refractivity contribution is -0.111. The minimum Gasteiger partial charge on any atom is -0.381 e. The number of carbonyl (C=O) groups is 1. The number of carbonyl (C=O) groups excluding carboxylic acids is 1. The molecule has 0 spiro atoms. The number of hydrogen-bond donors (Lipinski definition) is 3. The Morgan fingerprint density at radius 2 is 2.18 bits per heavy atom. The number of benzene rings is 2. The summed E-state index contributed by atoms with van der Waals surface area (Å²) in [5.41, 5.74) is 1.96. The lowest BCUT2D eigenvalue weighted by atomic mass is 9.95. The highest BCUT2D eigenvalue weighted by atomic mass is 35.5. The normalized spacial score (nSPS) is 16.0. The Bertz CT molecular complexity index is 1300. The third kappa shape index (κ3) is 5.61. The van der Waals surface area contributed by atoms with Crippen molar-refractivity contribution in [3.05, 3.63) is 69.4 Å². The zero-order valence-corrected chi connectivity index (χ0v) is 19.6. The Balaban J connectivity index is 1.76. The summed E-state index contributed by atoms with van der Waals surface area (Å²) < 4.78 is 19.1. The second kappa shape index (κ2) is 10.3. The largest absolute Gasteiger partial charge is 0.381 e. The standard InChI is InChI=1S/C24H25ClFN5O3/c1-31(2)8-3-4-22(32)28-20-12-17-21(11-16(20)14-7-9-34-13-14)29-24(33)30-23(17)27-15-5-6-19(26)18(25)10-15/h3-6,10-12,14H,7-9,13H2,1-2H3,(H,28,32)(H2,27,29,30,33)/b4-3+/t14-/m1/s1. The second-order valence-corrected chi connectivity index (χ2v) is 8.75. The van der Waals surface area contributed by atoms with Crippen LogP contribution in [0.5, 0.6) is 0 Å². The van der Waals surface area contributed by atoms with Crippen LogP contribution in [0.3, 0.4) is 0 Å². The molecule has 3 N–H and O–H groups in total. The fourth-order valence-electron chi connectivity index (χ4n) is 3.80. The molecule has 1 atom stereocenters. The molecule has 4 rings (SSSR count). The van der Waals surface area contributed by atoms with Gasteiger partial charge in [0.2, 0.25) is 5.91 Å². The summed E-state index contributed by atoms with van der Waals surface area (Å²) in [4.78, 5) is 33.7. The first-order chi connectivity index (χ1) is 16.3. The Morgan fingerprint density at radius 3 is 2.88 bits per heavy atom. The first kappa shape index (κ1) is 23.9. The highest BCUT2D eigenvalue weighted by Gasteiger charge is 2.23. The van der Waals surface area contributed by atoms with E-state index in [0.717, 1.165) is 12.0 Å². The highest BCUT2D eigenvalue weighted by Crippen LogP contribution is 2.36. The monoisotopic (exact) mass is 485 g/mol. The third-order valence-corrected chi connectivity index (χ3v) is 5.74. The van der Waals surface area contributed by atoms with Crippen LogP contribution in [0.25, 0.3) is 10.9 Å². The molecule has 1 aromatic heterocycles. The van der Waals surface area contributed by atoms with E-state index in [1.165, 1.54) is 24.3 Å².